The van der Waals surface area contributed by atoms with Gasteiger partial charge in [-0.1, -0.05) is 12.1 Å². The Morgan fingerprint density at radius 3 is 2.67 bits per heavy atom. The number of hydrogen-bond acceptors (Lipinski definition) is 2. The molecule has 0 unspecified atom stereocenters. The molecule has 0 aromatic heterocycles. The average molecular weight is 252 g/mol. The normalized spacial score (nSPS) is 11.7. The fraction of sp³-hybridized carbons (Fsp3) is 0.333. The van der Waals surface area contributed by atoms with E-state index in [9.17, 15) is 12.8 Å². The Bertz CT molecular complexity index is 447. The Hall–Kier alpha value is -0.650. The van der Waals surface area contributed by atoms with Gasteiger partial charge in [0, 0.05) is 6.54 Å². The Morgan fingerprint density at radius 2 is 2.13 bits per heavy atom. The summed E-state index contributed by atoms with van der Waals surface area (Å²) in [4.78, 5) is 0. The van der Waals surface area contributed by atoms with Crippen molar-refractivity contribution in [1.29, 1.82) is 0 Å². The average Bonchev–Trinajstić information content (AvgIpc) is 2.20. The molecule has 0 saturated heterocycles. The van der Waals surface area contributed by atoms with Crippen molar-refractivity contribution >= 4 is 21.6 Å². The summed E-state index contributed by atoms with van der Waals surface area (Å²) in [5.74, 6) is -0.349. The molecular weight excluding hydrogens is 241 g/mol. The molecule has 0 radical (unpaired) electrons. The number of nitrogens with one attached hydrogen (secondary N) is 1. The zero-order valence-electron chi connectivity index (χ0n) is 8.13. The number of benzene rings is 1. The molecule has 6 heteroatoms. The molecule has 0 bridgehead atoms. The van der Waals surface area contributed by atoms with Crippen molar-refractivity contribution in [2.75, 3.05) is 5.21 Å². The fourth-order valence-electron chi connectivity index (χ4n) is 0.978. The second-order valence-electron chi connectivity index (χ2n) is 3.13. The van der Waals surface area contributed by atoms with Crippen molar-refractivity contribution in [2.24, 2.45) is 0 Å². The maximum absolute atomic E-state index is 13.1. The minimum absolute atomic E-state index is 0.0479. The topological polar surface area (TPSA) is 46.2 Å². The van der Waals surface area contributed by atoms with E-state index in [0.717, 1.165) is 0 Å². The van der Waals surface area contributed by atoms with E-state index in [2.05, 4.69) is 4.72 Å². The molecule has 0 heterocycles. The van der Waals surface area contributed by atoms with Gasteiger partial charge in [0.15, 0.2) is 0 Å². The van der Waals surface area contributed by atoms with E-state index in [1.807, 2.05) is 0 Å². The molecule has 0 aliphatic rings. The van der Waals surface area contributed by atoms with E-state index in [0.29, 0.717) is 11.1 Å². The van der Waals surface area contributed by atoms with Crippen LogP contribution in [0.3, 0.4) is 0 Å². The lowest BCUT2D eigenvalue weighted by atomic mass is 10.1. The van der Waals surface area contributed by atoms with E-state index < -0.39 is 15.2 Å². The van der Waals surface area contributed by atoms with Crippen molar-refractivity contribution in [1.82, 2.24) is 4.72 Å². The molecule has 1 rings (SSSR count). The van der Waals surface area contributed by atoms with E-state index in [4.69, 9.17) is 11.6 Å². The lowest BCUT2D eigenvalue weighted by Crippen LogP contribution is -2.23. The molecule has 1 N–H and O–H groups in total. The second kappa shape index (κ2) is 4.92. The standard InChI is InChI=1S/C9H11ClFNO2S/c1-7-2-3-8(4-9(7)11)5-12-15(13,14)6-10/h2-4,12H,5-6H2,1H3. The summed E-state index contributed by atoms with van der Waals surface area (Å²) in [5.41, 5.74) is 1.09. The highest BCUT2D eigenvalue weighted by atomic mass is 35.5. The number of alkyl halides is 1. The SMILES string of the molecule is Cc1ccc(CNS(=O)(=O)CCl)cc1F. The van der Waals surface area contributed by atoms with Crippen LogP contribution in [0.15, 0.2) is 18.2 Å². The van der Waals surface area contributed by atoms with Gasteiger partial charge in [-0.25, -0.2) is 17.5 Å². The number of hydrogen-bond donors (Lipinski definition) is 1. The van der Waals surface area contributed by atoms with Crippen molar-refractivity contribution in [3.8, 4) is 0 Å². The molecule has 0 amide bonds. The molecule has 0 aliphatic carbocycles. The van der Waals surface area contributed by atoms with Gasteiger partial charge in [-0.05, 0) is 24.1 Å². The largest absolute Gasteiger partial charge is 0.225 e. The third-order valence-corrected chi connectivity index (χ3v) is 3.61. The number of halogens is 2. The van der Waals surface area contributed by atoms with Crippen LogP contribution in [-0.4, -0.2) is 13.6 Å². The highest BCUT2D eigenvalue weighted by molar-refractivity contribution is 7.90. The van der Waals surface area contributed by atoms with Crippen molar-refractivity contribution in [3.05, 3.63) is 35.1 Å². The zero-order chi connectivity index (χ0) is 11.5. The first-order chi connectivity index (χ1) is 6.94. The number of aryl methyl sites for hydroxylation is 1. The molecular formula is C9H11ClFNO2S. The molecule has 84 valence electrons. The summed E-state index contributed by atoms with van der Waals surface area (Å²) < 4.78 is 37.3. The summed E-state index contributed by atoms with van der Waals surface area (Å²) in [6.45, 7) is 1.69. The maximum Gasteiger partial charge on any atom is 0.225 e. The number of rotatable bonds is 4. The summed E-state index contributed by atoms with van der Waals surface area (Å²) in [5, 5.41) is -0.499. The molecule has 1 aromatic carbocycles. The molecule has 15 heavy (non-hydrogen) atoms. The van der Waals surface area contributed by atoms with Crippen LogP contribution in [0.25, 0.3) is 0 Å². The smallest absolute Gasteiger partial charge is 0.211 e. The highest BCUT2D eigenvalue weighted by Gasteiger charge is 2.07. The Labute approximate surface area is 93.3 Å². The van der Waals surface area contributed by atoms with Gasteiger partial charge in [0.25, 0.3) is 0 Å². The maximum atomic E-state index is 13.1. The van der Waals surface area contributed by atoms with Gasteiger partial charge in [-0.3, -0.25) is 0 Å². The van der Waals surface area contributed by atoms with Crippen LogP contribution in [0, 0.1) is 12.7 Å². The van der Waals surface area contributed by atoms with E-state index in [1.165, 1.54) is 6.07 Å². The fourth-order valence-corrected chi connectivity index (χ4v) is 1.67. The molecule has 0 fully saturated rings. The molecule has 3 nitrogen and oxygen atoms in total. The van der Waals surface area contributed by atoms with Crippen LogP contribution in [-0.2, 0) is 16.6 Å². The van der Waals surface area contributed by atoms with Crippen molar-refractivity contribution < 1.29 is 12.8 Å². The molecule has 0 aliphatic heterocycles. The van der Waals surface area contributed by atoms with Gasteiger partial charge in [0.1, 0.15) is 11.0 Å². The third kappa shape index (κ3) is 3.77. The summed E-state index contributed by atoms with van der Waals surface area (Å²) in [6, 6.07) is 4.56. The van der Waals surface area contributed by atoms with Crippen LogP contribution in [0.5, 0.6) is 0 Å². The van der Waals surface area contributed by atoms with E-state index in [-0.39, 0.29) is 12.4 Å². The van der Waals surface area contributed by atoms with Gasteiger partial charge in [0.2, 0.25) is 10.0 Å². The molecule has 0 saturated carbocycles. The van der Waals surface area contributed by atoms with Gasteiger partial charge in [-0.2, -0.15) is 0 Å². The monoisotopic (exact) mass is 251 g/mol. The Balaban J connectivity index is 2.71. The predicted molar refractivity (Wildman–Crippen MR) is 57.6 cm³/mol. The molecule has 1 aromatic rings. The third-order valence-electron chi connectivity index (χ3n) is 1.88. The minimum atomic E-state index is -3.45. The minimum Gasteiger partial charge on any atom is -0.211 e. The van der Waals surface area contributed by atoms with Crippen molar-refractivity contribution in [2.45, 2.75) is 13.5 Å². The Kier molecular flexibility index (Phi) is 4.07. The Morgan fingerprint density at radius 1 is 1.47 bits per heavy atom. The van der Waals surface area contributed by atoms with E-state index >= 15 is 0 Å². The highest BCUT2D eigenvalue weighted by Crippen LogP contribution is 2.09. The lowest BCUT2D eigenvalue weighted by Gasteiger charge is -2.04. The summed E-state index contributed by atoms with van der Waals surface area (Å²) in [7, 11) is -3.45. The van der Waals surface area contributed by atoms with Crippen molar-refractivity contribution in [3.63, 3.8) is 0 Å². The van der Waals surface area contributed by atoms with Gasteiger partial charge in [-0.15, -0.1) is 11.6 Å². The summed E-state index contributed by atoms with van der Waals surface area (Å²) in [6.07, 6.45) is 0. The van der Waals surface area contributed by atoms with Crippen LogP contribution >= 0.6 is 11.6 Å². The van der Waals surface area contributed by atoms with Crippen LogP contribution < -0.4 is 4.72 Å². The van der Waals surface area contributed by atoms with Gasteiger partial charge in [0.05, 0.1) is 0 Å². The van der Waals surface area contributed by atoms with Gasteiger partial charge >= 0.3 is 0 Å². The number of sulfonamides is 1. The lowest BCUT2D eigenvalue weighted by molar-refractivity contribution is 0.584. The molecule has 0 spiro atoms. The van der Waals surface area contributed by atoms with Gasteiger partial charge < -0.3 is 0 Å². The first-order valence-electron chi connectivity index (χ1n) is 4.23. The van der Waals surface area contributed by atoms with E-state index in [1.54, 1.807) is 19.1 Å². The van der Waals surface area contributed by atoms with Crippen LogP contribution in [0.1, 0.15) is 11.1 Å². The zero-order valence-corrected chi connectivity index (χ0v) is 9.70. The first-order valence-corrected chi connectivity index (χ1v) is 6.41. The quantitative estimate of drug-likeness (QED) is 0.829. The van der Waals surface area contributed by atoms with Crippen LogP contribution in [0.4, 0.5) is 4.39 Å². The molecule has 0 atom stereocenters. The summed E-state index contributed by atoms with van der Waals surface area (Å²) >= 11 is 5.19. The second-order valence-corrected chi connectivity index (χ2v) is 5.52. The van der Waals surface area contributed by atoms with Crippen LogP contribution in [0.2, 0.25) is 0 Å². The predicted octanol–water partition coefficient (Wildman–Crippen LogP) is 1.75. The first kappa shape index (κ1) is 12.4.